The fourth-order valence-corrected chi connectivity index (χ4v) is 1.44. The Labute approximate surface area is 114 Å². The molecule has 0 aromatic carbocycles. The number of carbonyl (C=O) groups is 1. The molecule has 1 atom stereocenters. The summed E-state index contributed by atoms with van der Waals surface area (Å²) >= 11 is 0. The minimum absolute atomic E-state index is 0.0487. The lowest BCUT2D eigenvalue weighted by Crippen LogP contribution is -2.14. The lowest BCUT2D eigenvalue weighted by molar-refractivity contribution is -0.141. The minimum Gasteiger partial charge on any atom is -0.460 e. The first-order chi connectivity index (χ1) is 9.29. The third-order valence-corrected chi connectivity index (χ3v) is 2.57. The second-order valence-electron chi connectivity index (χ2n) is 4.09. The topological polar surface area (TPSA) is 61.6 Å². The molecule has 5 nitrogen and oxygen atoms in total. The molecule has 0 aliphatic carbocycles. The van der Waals surface area contributed by atoms with Crippen LogP contribution in [0.5, 0.6) is 0 Å². The molecule has 114 valence electrons. The van der Waals surface area contributed by atoms with Gasteiger partial charge in [-0.05, 0) is 20.3 Å². The van der Waals surface area contributed by atoms with Gasteiger partial charge in [0.1, 0.15) is 0 Å². The van der Waals surface area contributed by atoms with Crippen molar-refractivity contribution in [3.8, 4) is 0 Å². The quantitative estimate of drug-likeness (QED) is 0.755. The molecule has 0 aliphatic rings. The van der Waals surface area contributed by atoms with Gasteiger partial charge in [-0.15, -0.1) is 0 Å². The number of halogens is 3. The molecule has 1 unspecified atom stereocenters. The van der Waals surface area contributed by atoms with Crippen LogP contribution in [0.1, 0.15) is 42.4 Å². The van der Waals surface area contributed by atoms with Gasteiger partial charge in [-0.2, -0.15) is 13.2 Å². The van der Waals surface area contributed by atoms with Crippen LogP contribution < -0.4 is 0 Å². The molecule has 0 bridgehead atoms. The number of aryl methyl sites for hydroxylation is 1. The van der Waals surface area contributed by atoms with Crippen molar-refractivity contribution in [2.45, 2.75) is 39.0 Å². The van der Waals surface area contributed by atoms with Crippen molar-refractivity contribution in [3.63, 3.8) is 0 Å². The smallest absolute Gasteiger partial charge is 0.437 e. The Hall–Kier alpha value is -1.57. The summed E-state index contributed by atoms with van der Waals surface area (Å²) in [7, 11) is 1.49. The maximum atomic E-state index is 12.8. The molecule has 1 rings (SSSR count). The first kappa shape index (κ1) is 16.5. The molecule has 1 aromatic rings. The second-order valence-corrected chi connectivity index (χ2v) is 4.09. The predicted octanol–water partition coefficient (Wildman–Crippen LogP) is 2.84. The summed E-state index contributed by atoms with van der Waals surface area (Å²) in [4.78, 5) is 14.8. The lowest BCUT2D eigenvalue weighted by Gasteiger charge is -2.06. The summed E-state index contributed by atoms with van der Waals surface area (Å²) in [6, 6.07) is 0. The highest BCUT2D eigenvalue weighted by Gasteiger charge is 2.41. The number of carbonyl (C=O) groups excluding carboxylic acids is 1. The van der Waals surface area contributed by atoms with Crippen LogP contribution in [-0.4, -0.2) is 30.8 Å². The summed E-state index contributed by atoms with van der Waals surface area (Å²) in [6.45, 7) is 3.20. The molecule has 0 fully saturated rings. The van der Waals surface area contributed by atoms with E-state index >= 15 is 0 Å². The van der Waals surface area contributed by atoms with Crippen LogP contribution in [-0.2, 0) is 22.1 Å². The van der Waals surface area contributed by atoms with Gasteiger partial charge in [0, 0.05) is 13.5 Å². The zero-order valence-electron chi connectivity index (χ0n) is 11.4. The normalized spacial score (nSPS) is 13.3. The van der Waals surface area contributed by atoms with Crippen LogP contribution in [0.3, 0.4) is 0 Å². The highest BCUT2D eigenvalue weighted by atomic mass is 19.4. The summed E-state index contributed by atoms with van der Waals surface area (Å²) in [5, 5.41) is 0. The predicted molar refractivity (Wildman–Crippen MR) is 62.3 cm³/mol. The maximum Gasteiger partial charge on any atom is 0.437 e. The van der Waals surface area contributed by atoms with E-state index in [1.165, 1.54) is 14.0 Å². The number of ether oxygens (including phenoxy) is 2. The Morgan fingerprint density at radius 1 is 1.45 bits per heavy atom. The van der Waals surface area contributed by atoms with Gasteiger partial charge in [0.05, 0.1) is 12.7 Å². The van der Waals surface area contributed by atoms with Crippen molar-refractivity contribution in [3.05, 3.63) is 17.3 Å². The van der Waals surface area contributed by atoms with E-state index in [0.717, 1.165) is 0 Å². The number of alkyl halides is 3. The number of esters is 1. The molecule has 0 amide bonds. The summed E-state index contributed by atoms with van der Waals surface area (Å²) in [5.41, 5.74) is -1.35. The average molecular weight is 295 g/mol. The van der Waals surface area contributed by atoms with E-state index < -0.39 is 23.6 Å². The molecule has 0 aliphatic heterocycles. The highest BCUT2D eigenvalue weighted by Crippen LogP contribution is 2.32. The number of rotatable bonds is 6. The molecular weight excluding hydrogens is 279 g/mol. The van der Waals surface area contributed by atoms with Crippen molar-refractivity contribution >= 4 is 5.97 Å². The van der Waals surface area contributed by atoms with Gasteiger partial charge >= 0.3 is 12.1 Å². The first-order valence-electron chi connectivity index (χ1n) is 6.06. The number of hydrogen-bond acceptors (Lipinski definition) is 5. The van der Waals surface area contributed by atoms with Gasteiger partial charge in [-0.1, -0.05) is 0 Å². The fraction of sp³-hybridized carbons (Fsp3) is 0.667. The summed E-state index contributed by atoms with van der Waals surface area (Å²) < 4.78 is 52.7. The molecule has 0 saturated carbocycles. The number of hydrogen-bond donors (Lipinski definition) is 0. The van der Waals surface area contributed by atoms with E-state index in [0.29, 0.717) is 6.42 Å². The molecule has 0 radical (unpaired) electrons. The zero-order chi connectivity index (χ0) is 15.3. The number of methoxy groups -OCH3 is 1. The molecule has 1 aromatic heterocycles. The Morgan fingerprint density at radius 2 is 2.10 bits per heavy atom. The molecule has 20 heavy (non-hydrogen) atoms. The van der Waals surface area contributed by atoms with E-state index in [-0.39, 0.29) is 25.0 Å². The molecular formula is C12H16F3NO4. The highest BCUT2D eigenvalue weighted by molar-refractivity contribution is 5.87. The third kappa shape index (κ3) is 4.22. The Balaban J connectivity index is 2.97. The Morgan fingerprint density at radius 3 is 2.60 bits per heavy atom. The summed E-state index contributed by atoms with van der Waals surface area (Å²) in [5.74, 6) is -2.23. The molecule has 0 spiro atoms. The van der Waals surface area contributed by atoms with Crippen LogP contribution in [0.25, 0.3) is 0 Å². The van der Waals surface area contributed by atoms with E-state index in [2.05, 4.69) is 9.72 Å². The summed E-state index contributed by atoms with van der Waals surface area (Å²) in [6.07, 6.45) is -4.35. The maximum absolute atomic E-state index is 12.8. The second kappa shape index (κ2) is 6.74. The van der Waals surface area contributed by atoms with Crippen molar-refractivity contribution in [1.82, 2.24) is 4.98 Å². The minimum atomic E-state index is -4.77. The SMILES string of the molecule is CCOC(=O)c1oc(CCC(C)OC)nc1C(F)(F)F. The third-order valence-electron chi connectivity index (χ3n) is 2.57. The number of oxazole rings is 1. The molecule has 0 N–H and O–H groups in total. The van der Waals surface area contributed by atoms with Crippen LogP contribution in [0.2, 0.25) is 0 Å². The first-order valence-corrected chi connectivity index (χ1v) is 6.06. The van der Waals surface area contributed by atoms with Crippen molar-refractivity contribution < 1.29 is 31.9 Å². The number of nitrogens with zero attached hydrogens (tertiary/aromatic N) is 1. The molecule has 0 saturated heterocycles. The van der Waals surface area contributed by atoms with Crippen molar-refractivity contribution in [1.29, 1.82) is 0 Å². The molecule has 1 heterocycles. The van der Waals surface area contributed by atoms with Gasteiger partial charge in [-0.25, -0.2) is 9.78 Å². The largest absolute Gasteiger partial charge is 0.460 e. The van der Waals surface area contributed by atoms with E-state index in [4.69, 9.17) is 9.15 Å². The standard InChI is InChI=1S/C12H16F3NO4/c1-4-19-11(17)9-10(12(13,14)15)16-8(20-9)6-5-7(2)18-3/h7H,4-6H2,1-3H3. The average Bonchev–Trinajstić information content (AvgIpc) is 2.80. The van der Waals surface area contributed by atoms with Gasteiger partial charge in [0.2, 0.25) is 5.76 Å². The van der Waals surface area contributed by atoms with Gasteiger partial charge in [0.15, 0.2) is 11.6 Å². The monoisotopic (exact) mass is 295 g/mol. The van der Waals surface area contributed by atoms with Crippen molar-refractivity contribution in [2.75, 3.05) is 13.7 Å². The van der Waals surface area contributed by atoms with Crippen molar-refractivity contribution in [2.24, 2.45) is 0 Å². The molecule has 8 heteroatoms. The Bertz CT molecular complexity index is 456. The van der Waals surface area contributed by atoms with Crippen LogP contribution in [0, 0.1) is 0 Å². The van der Waals surface area contributed by atoms with E-state index in [9.17, 15) is 18.0 Å². The van der Waals surface area contributed by atoms with E-state index in [1.807, 2.05) is 0 Å². The van der Waals surface area contributed by atoms with E-state index in [1.54, 1.807) is 6.92 Å². The zero-order valence-corrected chi connectivity index (χ0v) is 11.4. The fourth-order valence-electron chi connectivity index (χ4n) is 1.44. The number of aromatic nitrogens is 1. The lowest BCUT2D eigenvalue weighted by atomic mass is 10.2. The van der Waals surface area contributed by atoms with Crippen LogP contribution >= 0.6 is 0 Å². The van der Waals surface area contributed by atoms with Crippen LogP contribution in [0.4, 0.5) is 13.2 Å². The van der Waals surface area contributed by atoms with Gasteiger partial charge in [-0.3, -0.25) is 0 Å². The van der Waals surface area contributed by atoms with Gasteiger partial charge < -0.3 is 13.9 Å². The van der Waals surface area contributed by atoms with Gasteiger partial charge in [0.25, 0.3) is 0 Å². The Kier molecular flexibility index (Phi) is 5.55. The van der Waals surface area contributed by atoms with Crippen LogP contribution in [0.15, 0.2) is 4.42 Å².